The van der Waals surface area contributed by atoms with Crippen molar-refractivity contribution in [1.82, 2.24) is 5.32 Å². The van der Waals surface area contributed by atoms with Crippen molar-refractivity contribution in [3.63, 3.8) is 0 Å². The molecule has 1 aliphatic carbocycles. The van der Waals surface area contributed by atoms with Gasteiger partial charge in [-0.25, -0.2) is 0 Å². The Morgan fingerprint density at radius 3 is 2.50 bits per heavy atom. The average Bonchev–Trinajstić information content (AvgIpc) is 1.94. The Morgan fingerprint density at radius 2 is 2.08 bits per heavy atom. The number of carbonyl (C=O) groups excluding carboxylic acids is 2. The van der Waals surface area contributed by atoms with Crippen LogP contribution < -0.4 is 11.1 Å². The van der Waals surface area contributed by atoms with Gasteiger partial charge >= 0.3 is 0 Å². The van der Waals surface area contributed by atoms with Crippen LogP contribution in [0.1, 0.15) is 26.2 Å². The Balaban J connectivity index is 2.17. The average molecular weight is 170 g/mol. The number of hydrogen-bond donors (Lipinski definition) is 2. The van der Waals surface area contributed by atoms with E-state index in [1.54, 1.807) is 6.92 Å². The van der Waals surface area contributed by atoms with Crippen molar-refractivity contribution in [2.45, 2.75) is 32.2 Å². The molecule has 4 nitrogen and oxygen atoms in total. The van der Waals surface area contributed by atoms with Crippen LogP contribution in [0.3, 0.4) is 0 Å². The quantitative estimate of drug-likeness (QED) is 0.614. The van der Waals surface area contributed by atoms with Crippen molar-refractivity contribution in [1.29, 1.82) is 0 Å². The van der Waals surface area contributed by atoms with Gasteiger partial charge in [-0.15, -0.1) is 0 Å². The van der Waals surface area contributed by atoms with Crippen molar-refractivity contribution in [3.05, 3.63) is 0 Å². The molecule has 0 heterocycles. The van der Waals surface area contributed by atoms with Gasteiger partial charge in [0.15, 0.2) is 0 Å². The van der Waals surface area contributed by atoms with Crippen LogP contribution in [0, 0.1) is 5.92 Å². The summed E-state index contributed by atoms with van der Waals surface area (Å²) in [6.07, 6.45) is 1.92. The van der Waals surface area contributed by atoms with Crippen LogP contribution in [0.5, 0.6) is 0 Å². The van der Waals surface area contributed by atoms with E-state index < -0.39 is 0 Å². The molecule has 1 fully saturated rings. The van der Waals surface area contributed by atoms with Crippen LogP contribution in [0.4, 0.5) is 0 Å². The molecule has 2 amide bonds. The number of nitrogens with one attached hydrogen (secondary N) is 1. The zero-order valence-electron chi connectivity index (χ0n) is 7.17. The first-order chi connectivity index (χ1) is 5.63. The summed E-state index contributed by atoms with van der Waals surface area (Å²) in [5.41, 5.74) is 5.07. The molecule has 0 saturated heterocycles. The van der Waals surface area contributed by atoms with E-state index in [4.69, 9.17) is 5.73 Å². The third-order valence-electron chi connectivity index (χ3n) is 2.23. The summed E-state index contributed by atoms with van der Waals surface area (Å²) in [6.45, 7) is 1.81. The SMILES string of the molecule is CCC(=O)NC1CC(C(N)=O)C1. The molecule has 0 aliphatic heterocycles. The van der Waals surface area contributed by atoms with Crippen LogP contribution in [-0.2, 0) is 9.59 Å². The minimum absolute atomic E-state index is 0.0212. The van der Waals surface area contributed by atoms with Gasteiger partial charge in [-0.3, -0.25) is 9.59 Å². The summed E-state index contributed by atoms with van der Waals surface area (Å²) >= 11 is 0. The van der Waals surface area contributed by atoms with Gasteiger partial charge in [-0.2, -0.15) is 0 Å². The highest BCUT2D eigenvalue weighted by Gasteiger charge is 2.33. The van der Waals surface area contributed by atoms with E-state index in [1.165, 1.54) is 0 Å². The lowest BCUT2D eigenvalue weighted by molar-refractivity contribution is -0.128. The summed E-state index contributed by atoms with van der Waals surface area (Å²) in [5, 5.41) is 2.80. The molecular weight excluding hydrogens is 156 g/mol. The maximum absolute atomic E-state index is 10.9. The van der Waals surface area contributed by atoms with Crippen molar-refractivity contribution in [2.24, 2.45) is 11.7 Å². The van der Waals surface area contributed by atoms with Gasteiger partial charge in [-0.05, 0) is 12.8 Å². The highest BCUT2D eigenvalue weighted by Crippen LogP contribution is 2.26. The Hall–Kier alpha value is -1.06. The van der Waals surface area contributed by atoms with E-state index in [2.05, 4.69) is 5.32 Å². The number of hydrogen-bond acceptors (Lipinski definition) is 2. The fraction of sp³-hybridized carbons (Fsp3) is 0.750. The third-order valence-corrected chi connectivity index (χ3v) is 2.23. The van der Waals surface area contributed by atoms with Gasteiger partial charge in [-0.1, -0.05) is 6.92 Å². The molecule has 3 N–H and O–H groups in total. The second-order valence-electron chi connectivity index (χ2n) is 3.19. The predicted molar refractivity (Wildman–Crippen MR) is 44.1 cm³/mol. The fourth-order valence-electron chi connectivity index (χ4n) is 1.30. The fourth-order valence-corrected chi connectivity index (χ4v) is 1.30. The summed E-state index contributed by atoms with van der Waals surface area (Å²) in [5.74, 6) is -0.230. The predicted octanol–water partition coefficient (Wildman–Crippen LogP) is -0.224. The number of carbonyl (C=O) groups is 2. The van der Waals surface area contributed by atoms with Crippen LogP contribution in [0.25, 0.3) is 0 Å². The van der Waals surface area contributed by atoms with Gasteiger partial charge in [0.1, 0.15) is 0 Å². The number of rotatable bonds is 3. The molecule has 1 rings (SSSR count). The van der Waals surface area contributed by atoms with E-state index >= 15 is 0 Å². The molecule has 0 aromatic carbocycles. The summed E-state index contributed by atoms with van der Waals surface area (Å²) in [6, 6.07) is 0.176. The Labute approximate surface area is 71.5 Å². The molecule has 4 heteroatoms. The molecule has 0 bridgehead atoms. The standard InChI is InChI=1S/C8H14N2O2/c1-2-7(11)10-6-3-5(4-6)8(9)12/h5-6H,2-4H2,1H3,(H2,9,12)(H,10,11). The van der Waals surface area contributed by atoms with Crippen LogP contribution in [-0.4, -0.2) is 17.9 Å². The summed E-state index contributed by atoms with van der Waals surface area (Å²) in [4.78, 5) is 21.5. The van der Waals surface area contributed by atoms with Crippen molar-refractivity contribution >= 4 is 11.8 Å². The van der Waals surface area contributed by atoms with E-state index in [-0.39, 0.29) is 23.8 Å². The van der Waals surface area contributed by atoms with Crippen molar-refractivity contribution in [2.75, 3.05) is 0 Å². The monoisotopic (exact) mass is 170 g/mol. The van der Waals surface area contributed by atoms with Gasteiger partial charge < -0.3 is 11.1 Å². The molecule has 1 saturated carbocycles. The molecule has 68 valence electrons. The Kier molecular flexibility index (Phi) is 2.68. The van der Waals surface area contributed by atoms with E-state index in [0.29, 0.717) is 19.3 Å². The zero-order valence-corrected chi connectivity index (χ0v) is 7.17. The minimum Gasteiger partial charge on any atom is -0.369 e. The number of nitrogens with two attached hydrogens (primary N) is 1. The largest absolute Gasteiger partial charge is 0.369 e. The van der Waals surface area contributed by atoms with Crippen LogP contribution in [0.15, 0.2) is 0 Å². The molecular formula is C8H14N2O2. The summed E-state index contributed by atoms with van der Waals surface area (Å²) < 4.78 is 0. The first kappa shape index (κ1) is 9.03. The highest BCUT2D eigenvalue weighted by molar-refractivity contribution is 5.79. The smallest absolute Gasteiger partial charge is 0.220 e. The number of primary amides is 1. The molecule has 1 aliphatic rings. The maximum Gasteiger partial charge on any atom is 0.220 e. The second kappa shape index (κ2) is 3.56. The normalized spacial score (nSPS) is 27.4. The van der Waals surface area contributed by atoms with E-state index in [9.17, 15) is 9.59 Å². The Morgan fingerprint density at radius 1 is 1.50 bits per heavy atom. The van der Waals surface area contributed by atoms with Crippen LogP contribution >= 0.6 is 0 Å². The molecule has 0 unspecified atom stereocenters. The molecule has 12 heavy (non-hydrogen) atoms. The third kappa shape index (κ3) is 1.96. The molecule has 0 atom stereocenters. The lowest BCUT2D eigenvalue weighted by Crippen LogP contribution is -2.48. The first-order valence-electron chi connectivity index (χ1n) is 4.22. The molecule has 0 aromatic rings. The molecule has 0 radical (unpaired) electrons. The molecule has 0 aromatic heterocycles. The van der Waals surface area contributed by atoms with Gasteiger partial charge in [0.05, 0.1) is 0 Å². The maximum atomic E-state index is 10.9. The highest BCUT2D eigenvalue weighted by atomic mass is 16.2. The van der Waals surface area contributed by atoms with Gasteiger partial charge in [0, 0.05) is 18.4 Å². The van der Waals surface area contributed by atoms with Crippen molar-refractivity contribution in [3.8, 4) is 0 Å². The minimum atomic E-state index is -0.253. The zero-order chi connectivity index (χ0) is 9.14. The lowest BCUT2D eigenvalue weighted by atomic mass is 9.80. The van der Waals surface area contributed by atoms with Crippen molar-refractivity contribution < 1.29 is 9.59 Å². The van der Waals surface area contributed by atoms with E-state index in [0.717, 1.165) is 0 Å². The lowest BCUT2D eigenvalue weighted by Gasteiger charge is -2.33. The number of amides is 2. The van der Waals surface area contributed by atoms with E-state index in [1.807, 2.05) is 0 Å². The topological polar surface area (TPSA) is 72.2 Å². The molecule has 0 spiro atoms. The summed E-state index contributed by atoms with van der Waals surface area (Å²) in [7, 11) is 0. The van der Waals surface area contributed by atoms with Gasteiger partial charge in [0.25, 0.3) is 0 Å². The Bertz CT molecular complexity index is 197. The second-order valence-corrected chi connectivity index (χ2v) is 3.19. The first-order valence-corrected chi connectivity index (χ1v) is 4.22. The van der Waals surface area contributed by atoms with Crippen LogP contribution in [0.2, 0.25) is 0 Å². The van der Waals surface area contributed by atoms with Gasteiger partial charge in [0.2, 0.25) is 11.8 Å².